The summed E-state index contributed by atoms with van der Waals surface area (Å²) in [5.41, 5.74) is 2.17. The average Bonchev–Trinajstić information content (AvgIpc) is 3.08. The van der Waals surface area contributed by atoms with Crippen LogP contribution in [0.2, 0.25) is 0 Å². The van der Waals surface area contributed by atoms with Gasteiger partial charge in [0.2, 0.25) is 0 Å². The second-order valence-electron chi connectivity index (χ2n) is 7.26. The summed E-state index contributed by atoms with van der Waals surface area (Å²) in [6.45, 7) is 9.27. The van der Waals surface area contributed by atoms with Gasteiger partial charge in [-0.3, -0.25) is 4.90 Å². The number of aromatic nitrogens is 4. The van der Waals surface area contributed by atoms with Crippen LogP contribution in [-0.2, 0) is 6.54 Å². The van der Waals surface area contributed by atoms with Crippen molar-refractivity contribution in [1.82, 2.24) is 29.6 Å². The predicted molar refractivity (Wildman–Crippen MR) is 107 cm³/mol. The molecular weight excluding hydrogens is 338 g/mol. The smallest absolute Gasteiger partial charge is 0.178 e. The van der Waals surface area contributed by atoms with E-state index in [0.29, 0.717) is 0 Å². The van der Waals surface area contributed by atoms with Gasteiger partial charge in [0.05, 0.1) is 0 Å². The van der Waals surface area contributed by atoms with Crippen LogP contribution in [0.1, 0.15) is 11.4 Å². The van der Waals surface area contributed by atoms with Gasteiger partial charge in [-0.1, -0.05) is 30.3 Å². The second kappa shape index (κ2) is 8.02. The van der Waals surface area contributed by atoms with E-state index < -0.39 is 0 Å². The zero-order valence-corrected chi connectivity index (χ0v) is 16.1. The second-order valence-corrected chi connectivity index (χ2v) is 7.26. The monoisotopic (exact) mass is 365 g/mol. The lowest BCUT2D eigenvalue weighted by molar-refractivity contribution is 0.212. The molecule has 0 amide bonds. The van der Waals surface area contributed by atoms with Crippen molar-refractivity contribution in [2.45, 2.75) is 13.5 Å². The summed E-state index contributed by atoms with van der Waals surface area (Å²) in [6.07, 6.45) is 0. The van der Waals surface area contributed by atoms with Gasteiger partial charge < -0.3 is 9.80 Å². The van der Waals surface area contributed by atoms with E-state index in [1.807, 2.05) is 23.6 Å². The van der Waals surface area contributed by atoms with Crippen LogP contribution < -0.4 is 4.90 Å². The van der Waals surface area contributed by atoms with Crippen LogP contribution in [-0.4, -0.2) is 75.9 Å². The van der Waals surface area contributed by atoms with Gasteiger partial charge in [-0.2, -0.15) is 4.52 Å². The number of fused-ring (bicyclic) bond motifs is 1. The normalized spacial score (nSPS) is 15.7. The summed E-state index contributed by atoms with van der Waals surface area (Å²) in [7, 11) is 2.20. The topological polar surface area (TPSA) is 52.8 Å². The van der Waals surface area contributed by atoms with Crippen molar-refractivity contribution in [2.24, 2.45) is 0 Å². The van der Waals surface area contributed by atoms with E-state index in [0.717, 1.165) is 63.1 Å². The molecule has 3 aromatic rings. The Labute approximate surface area is 160 Å². The van der Waals surface area contributed by atoms with Gasteiger partial charge in [-0.05, 0) is 31.7 Å². The Bertz CT molecular complexity index is 868. The van der Waals surface area contributed by atoms with Crippen LogP contribution in [0.5, 0.6) is 0 Å². The highest BCUT2D eigenvalue weighted by Gasteiger charge is 2.19. The van der Waals surface area contributed by atoms with Gasteiger partial charge in [0.15, 0.2) is 11.5 Å². The Morgan fingerprint density at radius 1 is 0.963 bits per heavy atom. The lowest BCUT2D eigenvalue weighted by atomic mass is 10.2. The van der Waals surface area contributed by atoms with Gasteiger partial charge in [0.25, 0.3) is 0 Å². The molecule has 0 atom stereocenters. The van der Waals surface area contributed by atoms with Crippen molar-refractivity contribution in [3.05, 3.63) is 53.9 Å². The number of piperazine rings is 1. The quantitative estimate of drug-likeness (QED) is 0.663. The van der Waals surface area contributed by atoms with Crippen LogP contribution in [0.15, 0.2) is 42.5 Å². The van der Waals surface area contributed by atoms with Crippen molar-refractivity contribution in [1.29, 1.82) is 0 Å². The molecule has 7 nitrogen and oxygen atoms in total. The van der Waals surface area contributed by atoms with Crippen LogP contribution >= 0.6 is 0 Å². The molecule has 27 heavy (non-hydrogen) atoms. The number of hydrogen-bond donors (Lipinski definition) is 0. The van der Waals surface area contributed by atoms with Gasteiger partial charge in [0, 0.05) is 45.8 Å². The highest BCUT2D eigenvalue weighted by atomic mass is 15.4. The van der Waals surface area contributed by atoms with Crippen molar-refractivity contribution >= 4 is 11.5 Å². The lowest BCUT2D eigenvalue weighted by Crippen LogP contribution is -2.48. The maximum atomic E-state index is 4.70. The Morgan fingerprint density at radius 2 is 1.74 bits per heavy atom. The average molecular weight is 365 g/mol. The third kappa shape index (κ3) is 4.26. The first-order chi connectivity index (χ1) is 13.2. The number of rotatable bonds is 6. The molecule has 7 heteroatoms. The summed E-state index contributed by atoms with van der Waals surface area (Å²) >= 11 is 0. The third-order valence-corrected chi connectivity index (χ3v) is 5.19. The van der Waals surface area contributed by atoms with E-state index in [-0.39, 0.29) is 0 Å². The van der Waals surface area contributed by atoms with Crippen LogP contribution in [0.25, 0.3) is 5.65 Å². The largest absolute Gasteiger partial charge is 0.353 e. The Morgan fingerprint density at radius 3 is 2.52 bits per heavy atom. The zero-order valence-electron chi connectivity index (χ0n) is 16.1. The molecule has 0 N–H and O–H groups in total. The Hall–Kier alpha value is -2.51. The van der Waals surface area contributed by atoms with Gasteiger partial charge in [-0.15, -0.1) is 15.3 Å². The minimum Gasteiger partial charge on any atom is -0.353 e. The fraction of sp³-hybridized carbons (Fsp3) is 0.450. The van der Waals surface area contributed by atoms with E-state index >= 15 is 0 Å². The SMILES string of the molecule is Cc1nnc2ccc(N3CCN(CCN(C)Cc4ccccc4)CC3)nn12. The van der Waals surface area contributed by atoms with E-state index in [9.17, 15) is 0 Å². The number of aryl methyl sites for hydroxylation is 1. The van der Waals surface area contributed by atoms with Crippen LogP contribution in [0.3, 0.4) is 0 Å². The molecule has 0 bridgehead atoms. The van der Waals surface area contributed by atoms with Gasteiger partial charge in [0.1, 0.15) is 5.82 Å². The molecule has 4 rings (SSSR count). The molecule has 2 aromatic heterocycles. The summed E-state index contributed by atoms with van der Waals surface area (Å²) in [4.78, 5) is 7.29. The van der Waals surface area contributed by atoms with E-state index in [2.05, 4.69) is 62.3 Å². The van der Waals surface area contributed by atoms with Gasteiger partial charge in [-0.25, -0.2) is 0 Å². The number of benzene rings is 1. The van der Waals surface area contributed by atoms with Crippen LogP contribution in [0, 0.1) is 6.92 Å². The molecule has 0 spiro atoms. The van der Waals surface area contributed by atoms with Crippen molar-refractivity contribution in [3.63, 3.8) is 0 Å². The molecule has 1 saturated heterocycles. The highest BCUT2D eigenvalue weighted by molar-refractivity contribution is 5.46. The number of nitrogens with zero attached hydrogens (tertiary/aromatic N) is 7. The minimum absolute atomic E-state index is 0.802. The molecular formula is C20H27N7. The molecule has 3 heterocycles. The summed E-state index contributed by atoms with van der Waals surface area (Å²) < 4.78 is 1.82. The molecule has 0 radical (unpaired) electrons. The van der Waals surface area contributed by atoms with Crippen molar-refractivity contribution in [3.8, 4) is 0 Å². The van der Waals surface area contributed by atoms with E-state index in [1.54, 1.807) is 0 Å². The van der Waals surface area contributed by atoms with Crippen LogP contribution in [0.4, 0.5) is 5.82 Å². The van der Waals surface area contributed by atoms with E-state index in [4.69, 9.17) is 5.10 Å². The predicted octanol–water partition coefficient (Wildman–Crippen LogP) is 1.69. The standard InChI is InChI=1S/C20H27N7/c1-17-21-22-19-8-9-20(23-27(17)19)26-14-12-25(13-15-26)11-10-24(2)16-18-6-4-3-5-7-18/h3-9H,10-16H2,1-2H3. The number of hydrogen-bond acceptors (Lipinski definition) is 6. The molecule has 1 fully saturated rings. The zero-order chi connectivity index (χ0) is 18.6. The summed E-state index contributed by atoms with van der Waals surface area (Å²) in [6, 6.07) is 14.7. The van der Waals surface area contributed by atoms with E-state index in [1.165, 1.54) is 5.56 Å². The minimum atomic E-state index is 0.802. The number of anilines is 1. The van der Waals surface area contributed by atoms with Crippen molar-refractivity contribution < 1.29 is 0 Å². The molecule has 1 aromatic carbocycles. The Kier molecular flexibility index (Phi) is 5.31. The summed E-state index contributed by atoms with van der Waals surface area (Å²) in [5.74, 6) is 1.83. The number of likely N-dealkylation sites (N-methyl/N-ethyl adjacent to an activating group) is 1. The molecule has 0 aliphatic carbocycles. The van der Waals surface area contributed by atoms with Crippen molar-refractivity contribution in [2.75, 3.05) is 51.2 Å². The molecule has 1 aliphatic heterocycles. The first-order valence-electron chi connectivity index (χ1n) is 9.58. The fourth-order valence-corrected chi connectivity index (χ4v) is 3.54. The maximum absolute atomic E-state index is 4.70. The summed E-state index contributed by atoms with van der Waals surface area (Å²) in [5, 5.41) is 12.9. The molecule has 1 aliphatic rings. The molecule has 0 saturated carbocycles. The first-order valence-corrected chi connectivity index (χ1v) is 9.58. The third-order valence-electron chi connectivity index (χ3n) is 5.19. The fourth-order valence-electron chi connectivity index (χ4n) is 3.54. The maximum Gasteiger partial charge on any atom is 0.178 e. The van der Waals surface area contributed by atoms with Gasteiger partial charge >= 0.3 is 0 Å². The first kappa shape index (κ1) is 17.9. The molecule has 142 valence electrons. The molecule has 0 unspecified atom stereocenters. The Balaban J connectivity index is 1.26. The highest BCUT2D eigenvalue weighted by Crippen LogP contribution is 2.14. The lowest BCUT2D eigenvalue weighted by Gasteiger charge is -2.36.